The molecular weight excluding hydrogens is 353 g/mol. The van der Waals surface area contributed by atoms with Crippen LogP contribution >= 0.6 is 11.8 Å². The lowest BCUT2D eigenvalue weighted by molar-refractivity contribution is -0.132. The molecule has 0 saturated carbocycles. The molecule has 0 aromatic heterocycles. The molecule has 0 aliphatic carbocycles. The largest absolute Gasteiger partial charge is 0.315 e. The number of piperidine rings is 1. The Hall–Kier alpha value is -1.66. The fraction of sp³-hybridized carbons (Fsp3) is 0.556. The molecule has 2 saturated heterocycles. The molecule has 2 fully saturated rings. The molecule has 2 N–H and O–H groups in total. The maximum atomic E-state index is 13.0. The van der Waals surface area contributed by atoms with Gasteiger partial charge in [0, 0.05) is 31.4 Å². The minimum absolute atomic E-state index is 0.0715. The van der Waals surface area contributed by atoms with Gasteiger partial charge in [0.25, 0.3) is 0 Å². The van der Waals surface area contributed by atoms with E-state index in [-0.39, 0.29) is 30.4 Å². The monoisotopic (exact) mass is 377 g/mol. The number of halogens is 1. The molecule has 2 heterocycles. The maximum absolute atomic E-state index is 13.0. The van der Waals surface area contributed by atoms with Crippen molar-refractivity contribution in [1.29, 1.82) is 5.26 Å². The van der Waals surface area contributed by atoms with Gasteiger partial charge in [-0.15, -0.1) is 11.8 Å². The number of nitriles is 1. The number of nitrogens with zero attached hydrogens (tertiary/aromatic N) is 4. The topological polar surface area (TPSA) is 76.6 Å². The van der Waals surface area contributed by atoms with Gasteiger partial charge >= 0.3 is 0 Å². The molecule has 0 bridgehead atoms. The second kappa shape index (κ2) is 8.82. The summed E-state index contributed by atoms with van der Waals surface area (Å²) < 4.78 is 13.0. The summed E-state index contributed by atoms with van der Waals surface area (Å²) in [4.78, 5) is 16.3. The van der Waals surface area contributed by atoms with Gasteiger partial charge in [0.1, 0.15) is 11.9 Å². The number of hydrogen-bond donors (Lipinski definition) is 1. The summed E-state index contributed by atoms with van der Waals surface area (Å²) in [5.74, 6) is 7.11. The Bertz CT molecular complexity index is 657. The Morgan fingerprint density at radius 1 is 1.35 bits per heavy atom. The van der Waals surface area contributed by atoms with Crippen LogP contribution in [0.4, 0.5) is 4.39 Å². The summed E-state index contributed by atoms with van der Waals surface area (Å²) in [6.45, 7) is 2.74. The molecule has 2 aliphatic heterocycles. The molecule has 3 rings (SSSR count). The summed E-state index contributed by atoms with van der Waals surface area (Å²) in [7, 11) is 0. The minimum atomic E-state index is -0.335. The first-order chi connectivity index (χ1) is 12.6. The van der Waals surface area contributed by atoms with E-state index in [4.69, 9.17) is 11.1 Å². The highest BCUT2D eigenvalue weighted by molar-refractivity contribution is 7.99. The quantitative estimate of drug-likeness (QED) is 0.617. The van der Waals surface area contributed by atoms with Crippen molar-refractivity contribution in [2.24, 2.45) is 5.84 Å². The predicted octanol–water partition coefficient (Wildman–Crippen LogP) is 1.39. The number of rotatable bonds is 5. The van der Waals surface area contributed by atoms with Gasteiger partial charge < -0.3 is 4.90 Å². The van der Waals surface area contributed by atoms with Gasteiger partial charge in [-0.1, -0.05) is 12.1 Å². The zero-order chi connectivity index (χ0) is 18.5. The summed E-state index contributed by atoms with van der Waals surface area (Å²) in [6.07, 6.45) is 1.78. The molecule has 1 atom stereocenters. The number of hydrazine groups is 1. The van der Waals surface area contributed by atoms with E-state index < -0.39 is 0 Å². The highest BCUT2D eigenvalue weighted by atomic mass is 32.2. The summed E-state index contributed by atoms with van der Waals surface area (Å²) in [5, 5.41) is 10.7. The number of nitrogens with two attached hydrogens (primary N) is 1. The van der Waals surface area contributed by atoms with Gasteiger partial charge in [-0.05, 0) is 30.5 Å². The Kier molecular flexibility index (Phi) is 6.48. The molecule has 1 aromatic carbocycles. The SMILES string of the molecule is N#C[C@@H]1CSCN1C(=O)CN(N)C1CCN(Cc2ccc(F)cc2)CC1. The Labute approximate surface area is 157 Å². The van der Waals surface area contributed by atoms with Crippen molar-refractivity contribution in [1.82, 2.24) is 14.8 Å². The molecule has 140 valence electrons. The predicted molar refractivity (Wildman–Crippen MR) is 99.2 cm³/mol. The lowest BCUT2D eigenvalue weighted by Gasteiger charge is -2.36. The lowest BCUT2D eigenvalue weighted by Crippen LogP contribution is -2.52. The Morgan fingerprint density at radius 2 is 2.04 bits per heavy atom. The average Bonchev–Trinajstić information content (AvgIpc) is 3.13. The van der Waals surface area contributed by atoms with E-state index in [1.54, 1.807) is 21.7 Å². The van der Waals surface area contributed by atoms with Gasteiger partial charge in [0.15, 0.2) is 0 Å². The van der Waals surface area contributed by atoms with Gasteiger partial charge in [0.05, 0.1) is 18.5 Å². The van der Waals surface area contributed by atoms with Crippen molar-refractivity contribution >= 4 is 17.7 Å². The van der Waals surface area contributed by atoms with Crippen molar-refractivity contribution in [3.05, 3.63) is 35.6 Å². The van der Waals surface area contributed by atoms with Gasteiger partial charge in [0.2, 0.25) is 5.91 Å². The zero-order valence-corrected chi connectivity index (χ0v) is 15.5. The van der Waals surface area contributed by atoms with Crippen molar-refractivity contribution in [3.63, 3.8) is 0 Å². The first-order valence-corrected chi connectivity index (χ1v) is 9.97. The van der Waals surface area contributed by atoms with Crippen LogP contribution in [0.15, 0.2) is 24.3 Å². The fourth-order valence-electron chi connectivity index (χ4n) is 3.43. The second-order valence-electron chi connectivity index (χ2n) is 6.81. The minimum Gasteiger partial charge on any atom is -0.315 e. The van der Waals surface area contributed by atoms with Crippen molar-refractivity contribution in [2.45, 2.75) is 31.5 Å². The lowest BCUT2D eigenvalue weighted by atomic mass is 10.0. The van der Waals surface area contributed by atoms with Gasteiger partial charge in [-0.25, -0.2) is 9.40 Å². The summed E-state index contributed by atoms with van der Waals surface area (Å²) in [5.41, 5.74) is 1.10. The number of benzene rings is 1. The van der Waals surface area contributed by atoms with Crippen molar-refractivity contribution < 1.29 is 9.18 Å². The Balaban J connectivity index is 1.44. The van der Waals surface area contributed by atoms with Crippen LogP contribution in [0.25, 0.3) is 0 Å². The molecule has 1 amide bonds. The first kappa shape index (κ1) is 19.1. The molecule has 6 nitrogen and oxygen atoms in total. The first-order valence-electron chi connectivity index (χ1n) is 8.82. The van der Waals surface area contributed by atoms with Crippen LogP contribution in [0.1, 0.15) is 18.4 Å². The zero-order valence-electron chi connectivity index (χ0n) is 14.7. The smallest absolute Gasteiger partial charge is 0.239 e. The van der Waals surface area contributed by atoms with Crippen LogP contribution in [-0.4, -0.2) is 64.1 Å². The molecular formula is C18H24FN5OS. The second-order valence-corrected chi connectivity index (χ2v) is 7.81. The molecule has 26 heavy (non-hydrogen) atoms. The van der Waals surface area contributed by atoms with E-state index in [9.17, 15) is 9.18 Å². The van der Waals surface area contributed by atoms with E-state index in [0.29, 0.717) is 11.6 Å². The van der Waals surface area contributed by atoms with Gasteiger partial charge in [-0.2, -0.15) is 5.26 Å². The molecule has 1 aromatic rings. The van der Waals surface area contributed by atoms with E-state index in [1.165, 1.54) is 12.1 Å². The number of thioether (sulfide) groups is 1. The van der Waals surface area contributed by atoms with Crippen LogP contribution in [0, 0.1) is 17.1 Å². The van der Waals surface area contributed by atoms with Crippen LogP contribution < -0.4 is 5.84 Å². The van der Waals surface area contributed by atoms with E-state index >= 15 is 0 Å². The molecule has 2 aliphatic rings. The maximum Gasteiger partial charge on any atom is 0.239 e. The molecule has 0 unspecified atom stereocenters. The van der Waals surface area contributed by atoms with Crippen LogP contribution in [0.3, 0.4) is 0 Å². The Morgan fingerprint density at radius 3 is 2.69 bits per heavy atom. The standard InChI is InChI=1S/C18H24FN5OS/c19-15-3-1-14(2-4-15)10-22-7-5-16(6-8-22)24(21)11-18(25)23-13-26-12-17(23)9-20/h1-4,16-17H,5-8,10-13,21H2/t17-/m1/s1. The van der Waals surface area contributed by atoms with Crippen LogP contribution in [-0.2, 0) is 11.3 Å². The molecule has 0 spiro atoms. The summed E-state index contributed by atoms with van der Waals surface area (Å²) in [6, 6.07) is 8.61. The highest BCUT2D eigenvalue weighted by Crippen LogP contribution is 2.21. The number of carbonyl (C=O) groups excluding carboxylic acids is 1. The number of hydrogen-bond acceptors (Lipinski definition) is 6. The third-order valence-corrected chi connectivity index (χ3v) is 6.03. The number of carbonyl (C=O) groups is 1. The average molecular weight is 377 g/mol. The fourth-order valence-corrected chi connectivity index (χ4v) is 4.53. The van der Waals surface area contributed by atoms with Crippen LogP contribution in [0.5, 0.6) is 0 Å². The molecule has 0 radical (unpaired) electrons. The van der Waals surface area contributed by atoms with E-state index in [2.05, 4.69) is 11.0 Å². The normalized spacial score (nSPS) is 21.9. The third-order valence-electron chi connectivity index (χ3n) is 5.02. The number of amides is 1. The van der Waals surface area contributed by atoms with Crippen LogP contribution in [0.2, 0.25) is 0 Å². The summed E-state index contributed by atoms with van der Waals surface area (Å²) >= 11 is 1.60. The molecule has 8 heteroatoms. The number of likely N-dealkylation sites (tertiary alicyclic amines) is 1. The highest BCUT2D eigenvalue weighted by Gasteiger charge is 2.31. The van der Waals surface area contributed by atoms with Crippen molar-refractivity contribution in [2.75, 3.05) is 31.3 Å². The van der Waals surface area contributed by atoms with Crippen molar-refractivity contribution in [3.8, 4) is 6.07 Å². The van der Waals surface area contributed by atoms with E-state index in [1.807, 2.05) is 12.1 Å². The van der Waals surface area contributed by atoms with Gasteiger partial charge in [-0.3, -0.25) is 15.5 Å². The third kappa shape index (κ3) is 4.74. The van der Waals surface area contributed by atoms with E-state index in [0.717, 1.165) is 38.0 Å².